The third-order valence-electron chi connectivity index (χ3n) is 5.20. The van der Waals surface area contributed by atoms with Crippen molar-refractivity contribution in [2.24, 2.45) is 5.92 Å². The molecule has 2 fully saturated rings. The van der Waals surface area contributed by atoms with Crippen LogP contribution in [0.25, 0.3) is 0 Å². The Balaban J connectivity index is 0.00000104. The second kappa shape index (κ2) is 8.81. The number of benzene rings is 1. The van der Waals surface area contributed by atoms with Crippen molar-refractivity contribution in [2.45, 2.75) is 31.7 Å². The van der Waals surface area contributed by atoms with Gasteiger partial charge in [-0.05, 0) is 30.4 Å². The number of nitrogens with zero attached hydrogens (tertiary/aromatic N) is 1. The summed E-state index contributed by atoms with van der Waals surface area (Å²) in [5.74, 6) is 2.33. The molecule has 24 heavy (non-hydrogen) atoms. The van der Waals surface area contributed by atoms with E-state index in [1.807, 2.05) is 6.07 Å². The van der Waals surface area contributed by atoms with Crippen molar-refractivity contribution in [2.75, 3.05) is 33.0 Å². The third kappa shape index (κ3) is 3.88. The minimum absolute atomic E-state index is 0. The maximum absolute atomic E-state index is 6.62. The van der Waals surface area contributed by atoms with E-state index >= 15 is 0 Å². The van der Waals surface area contributed by atoms with Crippen LogP contribution in [0.2, 0.25) is 5.02 Å². The molecule has 1 saturated carbocycles. The van der Waals surface area contributed by atoms with E-state index in [9.17, 15) is 0 Å². The second-order valence-electron chi connectivity index (χ2n) is 6.50. The largest absolute Gasteiger partial charge is 0.454 e. The van der Waals surface area contributed by atoms with Crippen LogP contribution in [0.4, 0.5) is 0 Å². The molecule has 1 atom stereocenters. The van der Waals surface area contributed by atoms with Gasteiger partial charge in [0.05, 0.1) is 0 Å². The Kier molecular flexibility index (Phi) is 7.32. The number of piperazine rings is 1. The highest BCUT2D eigenvalue weighted by Gasteiger charge is 2.34. The molecule has 3 aliphatic rings. The van der Waals surface area contributed by atoms with Crippen molar-refractivity contribution < 1.29 is 9.47 Å². The lowest BCUT2D eigenvalue weighted by Crippen LogP contribution is -2.46. The molecule has 4 nitrogen and oxygen atoms in total. The fourth-order valence-corrected chi connectivity index (χ4v) is 4.41. The van der Waals surface area contributed by atoms with Crippen LogP contribution in [0, 0.1) is 5.92 Å². The van der Waals surface area contributed by atoms with Crippen molar-refractivity contribution in [3.63, 3.8) is 0 Å². The molecule has 7 heteroatoms. The summed E-state index contributed by atoms with van der Waals surface area (Å²) in [5, 5.41) is 4.27. The average Bonchev–Trinajstić information content (AvgIpc) is 3.20. The number of rotatable bonds is 3. The molecule has 0 unspecified atom stereocenters. The van der Waals surface area contributed by atoms with Crippen LogP contribution in [-0.2, 0) is 0 Å². The van der Waals surface area contributed by atoms with Crippen LogP contribution >= 0.6 is 36.4 Å². The van der Waals surface area contributed by atoms with Gasteiger partial charge in [-0.3, -0.25) is 4.90 Å². The van der Waals surface area contributed by atoms with Crippen LogP contribution in [0.1, 0.15) is 37.3 Å². The minimum atomic E-state index is 0. The lowest BCUT2D eigenvalue weighted by molar-refractivity contribution is 0.125. The molecule has 0 radical (unpaired) electrons. The number of hydrogen-bond donors (Lipinski definition) is 1. The Morgan fingerprint density at radius 2 is 1.67 bits per heavy atom. The van der Waals surface area contributed by atoms with E-state index in [1.165, 1.54) is 31.2 Å². The van der Waals surface area contributed by atoms with Gasteiger partial charge in [-0.25, -0.2) is 0 Å². The topological polar surface area (TPSA) is 33.7 Å². The number of nitrogens with one attached hydrogen (secondary N) is 1. The summed E-state index contributed by atoms with van der Waals surface area (Å²) in [7, 11) is 0. The predicted molar refractivity (Wildman–Crippen MR) is 101 cm³/mol. The van der Waals surface area contributed by atoms with Gasteiger partial charge in [0.2, 0.25) is 6.79 Å². The fourth-order valence-electron chi connectivity index (χ4n) is 4.14. The minimum Gasteiger partial charge on any atom is -0.454 e. The molecule has 1 aromatic carbocycles. The van der Waals surface area contributed by atoms with Gasteiger partial charge < -0.3 is 14.8 Å². The van der Waals surface area contributed by atoms with Crippen molar-refractivity contribution in [1.82, 2.24) is 10.2 Å². The molecule has 1 aromatic rings. The Labute approximate surface area is 161 Å². The molecule has 1 aliphatic carbocycles. The maximum Gasteiger partial charge on any atom is 0.231 e. The molecular weight excluding hydrogens is 371 g/mol. The van der Waals surface area contributed by atoms with Gasteiger partial charge in [0, 0.05) is 43.3 Å². The van der Waals surface area contributed by atoms with Crippen molar-refractivity contribution in [3.8, 4) is 11.5 Å². The molecule has 1 saturated heterocycles. The predicted octanol–water partition coefficient (Wildman–Crippen LogP) is 4.05. The van der Waals surface area contributed by atoms with Crippen LogP contribution in [0.15, 0.2) is 12.1 Å². The molecular formula is C17H25Cl3N2O2. The van der Waals surface area contributed by atoms with Crippen LogP contribution in [0.5, 0.6) is 11.5 Å². The molecule has 136 valence electrons. The number of ether oxygens (including phenoxy) is 2. The van der Waals surface area contributed by atoms with Crippen molar-refractivity contribution in [1.29, 1.82) is 0 Å². The van der Waals surface area contributed by atoms with Gasteiger partial charge in [0.25, 0.3) is 0 Å². The fraction of sp³-hybridized carbons (Fsp3) is 0.647. The second-order valence-corrected chi connectivity index (χ2v) is 6.91. The molecule has 0 amide bonds. The number of fused-ring (bicyclic) bond motifs is 1. The van der Waals surface area contributed by atoms with Gasteiger partial charge in [-0.1, -0.05) is 24.4 Å². The summed E-state index contributed by atoms with van der Waals surface area (Å²) >= 11 is 6.62. The first kappa shape index (κ1) is 19.9. The van der Waals surface area contributed by atoms with Crippen molar-refractivity contribution >= 4 is 36.4 Å². The molecule has 1 N–H and O–H groups in total. The third-order valence-corrected chi connectivity index (χ3v) is 5.53. The molecule has 4 rings (SSSR count). The van der Waals surface area contributed by atoms with E-state index in [2.05, 4.69) is 16.3 Å². The first-order valence-corrected chi connectivity index (χ1v) is 8.74. The van der Waals surface area contributed by atoms with E-state index in [-0.39, 0.29) is 24.8 Å². The Morgan fingerprint density at radius 1 is 1.04 bits per heavy atom. The van der Waals surface area contributed by atoms with E-state index in [0.717, 1.165) is 42.7 Å². The quantitative estimate of drug-likeness (QED) is 0.837. The SMILES string of the molecule is Cl.Cl.Clc1cc2c(cc1[C@H](C1CCCC1)N1CCNCC1)OCO2. The lowest BCUT2D eigenvalue weighted by atomic mass is 9.89. The van der Waals surface area contributed by atoms with E-state index in [4.69, 9.17) is 21.1 Å². The summed E-state index contributed by atoms with van der Waals surface area (Å²) in [5.41, 5.74) is 1.22. The zero-order valence-electron chi connectivity index (χ0n) is 13.6. The lowest BCUT2D eigenvalue weighted by Gasteiger charge is -2.39. The zero-order chi connectivity index (χ0) is 14.9. The normalized spacial score (nSPS) is 21.9. The summed E-state index contributed by atoms with van der Waals surface area (Å²) in [6, 6.07) is 4.46. The van der Waals surface area contributed by atoms with Crippen LogP contribution in [0.3, 0.4) is 0 Å². The van der Waals surface area contributed by atoms with E-state index in [1.54, 1.807) is 0 Å². The van der Waals surface area contributed by atoms with Gasteiger partial charge in [0.15, 0.2) is 11.5 Å². The summed E-state index contributed by atoms with van der Waals surface area (Å²) < 4.78 is 11.0. The highest BCUT2D eigenvalue weighted by molar-refractivity contribution is 6.31. The van der Waals surface area contributed by atoms with E-state index < -0.39 is 0 Å². The highest BCUT2D eigenvalue weighted by Crippen LogP contribution is 2.46. The van der Waals surface area contributed by atoms with Gasteiger partial charge in [0.1, 0.15) is 0 Å². The molecule has 2 aliphatic heterocycles. The van der Waals surface area contributed by atoms with E-state index in [0.29, 0.717) is 18.8 Å². The Morgan fingerprint density at radius 3 is 2.33 bits per heavy atom. The van der Waals surface area contributed by atoms with Crippen LogP contribution in [-0.4, -0.2) is 37.9 Å². The Bertz CT molecular complexity index is 547. The summed E-state index contributed by atoms with van der Waals surface area (Å²) in [4.78, 5) is 2.61. The summed E-state index contributed by atoms with van der Waals surface area (Å²) in [6.07, 6.45) is 5.30. The number of hydrogen-bond acceptors (Lipinski definition) is 4. The first-order chi connectivity index (χ1) is 10.8. The smallest absolute Gasteiger partial charge is 0.231 e. The highest BCUT2D eigenvalue weighted by atomic mass is 35.5. The standard InChI is InChI=1S/C17H23ClN2O2.2ClH/c18-14-10-16-15(21-11-22-16)9-13(14)17(12-3-1-2-4-12)20-7-5-19-6-8-20;;/h9-10,12,17,19H,1-8,11H2;2*1H/t17-;;/m0../s1. The zero-order valence-corrected chi connectivity index (χ0v) is 16.0. The molecule has 0 aromatic heterocycles. The Hall–Kier alpha value is -0.390. The molecule has 2 heterocycles. The van der Waals surface area contributed by atoms with Gasteiger partial charge >= 0.3 is 0 Å². The number of halogens is 3. The monoisotopic (exact) mass is 394 g/mol. The van der Waals surface area contributed by atoms with Crippen LogP contribution < -0.4 is 14.8 Å². The van der Waals surface area contributed by atoms with Gasteiger partial charge in [-0.2, -0.15) is 0 Å². The molecule has 0 spiro atoms. The maximum atomic E-state index is 6.62. The summed E-state index contributed by atoms with van der Waals surface area (Å²) in [6.45, 7) is 4.60. The van der Waals surface area contributed by atoms with Gasteiger partial charge in [-0.15, -0.1) is 24.8 Å². The average molecular weight is 396 g/mol. The van der Waals surface area contributed by atoms with Crippen molar-refractivity contribution in [3.05, 3.63) is 22.7 Å². The first-order valence-electron chi connectivity index (χ1n) is 8.37. The molecule has 0 bridgehead atoms.